The van der Waals surface area contributed by atoms with E-state index < -0.39 is 0 Å². The fraction of sp³-hybridized carbons (Fsp3) is 0.692. The van der Waals surface area contributed by atoms with Gasteiger partial charge in [0.1, 0.15) is 0 Å². The van der Waals surface area contributed by atoms with Crippen molar-refractivity contribution < 1.29 is 4.79 Å². The minimum atomic E-state index is 0.135. The highest BCUT2D eigenvalue weighted by Crippen LogP contribution is 2.25. The predicted octanol–water partition coefficient (Wildman–Crippen LogP) is 2.13. The van der Waals surface area contributed by atoms with Gasteiger partial charge in [-0.25, -0.2) is 0 Å². The third kappa shape index (κ3) is 2.21. The molecular weight excluding hydrogens is 214 g/mol. The molecule has 2 rings (SSSR count). The van der Waals surface area contributed by atoms with E-state index in [0.717, 1.165) is 24.1 Å². The maximum atomic E-state index is 12.5. The maximum absolute atomic E-state index is 12.5. The van der Waals surface area contributed by atoms with Crippen molar-refractivity contribution in [2.24, 2.45) is 7.05 Å². The van der Waals surface area contributed by atoms with Crippen LogP contribution in [-0.4, -0.2) is 32.7 Å². The SMILES string of the molecule is Cc1nn(C)cc1C(=O)N1C(C)CCCC1C. The molecule has 4 heteroatoms. The Morgan fingerprint density at radius 2 is 1.94 bits per heavy atom. The Balaban J connectivity index is 2.27. The molecule has 0 aromatic carbocycles. The van der Waals surface area contributed by atoms with E-state index in [0.29, 0.717) is 12.1 Å². The molecule has 1 saturated heterocycles. The average molecular weight is 235 g/mol. The van der Waals surface area contributed by atoms with Gasteiger partial charge in [0.25, 0.3) is 5.91 Å². The van der Waals surface area contributed by atoms with Crippen molar-refractivity contribution in [3.05, 3.63) is 17.5 Å². The summed E-state index contributed by atoms with van der Waals surface area (Å²) in [5.41, 5.74) is 1.57. The van der Waals surface area contributed by atoms with Crippen LogP contribution in [0.25, 0.3) is 0 Å². The first-order valence-corrected chi connectivity index (χ1v) is 6.33. The molecule has 1 aliphatic rings. The largest absolute Gasteiger partial charge is 0.333 e. The van der Waals surface area contributed by atoms with Crippen LogP contribution in [0.2, 0.25) is 0 Å². The molecule has 0 bridgehead atoms. The summed E-state index contributed by atoms with van der Waals surface area (Å²) >= 11 is 0. The van der Waals surface area contributed by atoms with Crippen LogP contribution < -0.4 is 0 Å². The fourth-order valence-corrected chi connectivity index (χ4v) is 2.77. The molecule has 1 amide bonds. The van der Waals surface area contributed by atoms with Crippen LogP contribution in [0.5, 0.6) is 0 Å². The third-order valence-electron chi connectivity index (χ3n) is 3.67. The summed E-state index contributed by atoms with van der Waals surface area (Å²) < 4.78 is 1.71. The van der Waals surface area contributed by atoms with Crippen LogP contribution in [0.3, 0.4) is 0 Å². The lowest BCUT2D eigenvalue weighted by molar-refractivity contribution is 0.0510. The van der Waals surface area contributed by atoms with E-state index in [1.54, 1.807) is 4.68 Å². The molecule has 4 nitrogen and oxygen atoms in total. The first-order valence-electron chi connectivity index (χ1n) is 6.33. The Hall–Kier alpha value is -1.32. The molecule has 0 N–H and O–H groups in total. The maximum Gasteiger partial charge on any atom is 0.257 e. The lowest BCUT2D eigenvalue weighted by Crippen LogP contribution is -2.47. The van der Waals surface area contributed by atoms with Gasteiger partial charge in [-0.1, -0.05) is 0 Å². The molecule has 1 aromatic heterocycles. The van der Waals surface area contributed by atoms with Crippen molar-refractivity contribution >= 4 is 5.91 Å². The van der Waals surface area contributed by atoms with E-state index in [1.807, 2.05) is 25.1 Å². The molecule has 2 atom stereocenters. The molecule has 2 heterocycles. The fourth-order valence-electron chi connectivity index (χ4n) is 2.77. The van der Waals surface area contributed by atoms with Gasteiger partial charge in [-0.15, -0.1) is 0 Å². The second-order valence-corrected chi connectivity index (χ2v) is 5.14. The quantitative estimate of drug-likeness (QED) is 0.748. The number of nitrogens with zero attached hydrogens (tertiary/aromatic N) is 3. The van der Waals surface area contributed by atoms with E-state index in [2.05, 4.69) is 18.9 Å². The Bertz CT molecular complexity index is 414. The number of hydrogen-bond acceptors (Lipinski definition) is 2. The van der Waals surface area contributed by atoms with Gasteiger partial charge in [0, 0.05) is 25.3 Å². The Morgan fingerprint density at radius 1 is 1.35 bits per heavy atom. The van der Waals surface area contributed by atoms with Crippen LogP contribution in [0, 0.1) is 6.92 Å². The average Bonchev–Trinajstić information content (AvgIpc) is 2.57. The molecule has 17 heavy (non-hydrogen) atoms. The van der Waals surface area contributed by atoms with E-state index in [-0.39, 0.29) is 5.91 Å². The third-order valence-corrected chi connectivity index (χ3v) is 3.67. The normalized spacial score (nSPS) is 25.1. The second-order valence-electron chi connectivity index (χ2n) is 5.14. The Morgan fingerprint density at radius 3 is 2.41 bits per heavy atom. The standard InChI is InChI=1S/C13H21N3O/c1-9-6-5-7-10(2)16(9)13(17)12-8-15(4)14-11(12)3/h8-10H,5-7H2,1-4H3. The lowest BCUT2D eigenvalue weighted by Gasteiger charge is -2.39. The molecule has 1 fully saturated rings. The molecule has 0 spiro atoms. The lowest BCUT2D eigenvalue weighted by atomic mass is 9.96. The highest BCUT2D eigenvalue weighted by atomic mass is 16.2. The molecule has 1 aromatic rings. The second kappa shape index (κ2) is 4.51. The van der Waals surface area contributed by atoms with Gasteiger partial charge in [-0.3, -0.25) is 9.48 Å². The molecule has 0 radical (unpaired) electrons. The topological polar surface area (TPSA) is 38.1 Å². The number of rotatable bonds is 1. The van der Waals surface area contributed by atoms with Gasteiger partial charge in [-0.05, 0) is 40.0 Å². The van der Waals surface area contributed by atoms with E-state index >= 15 is 0 Å². The Kier molecular flexibility index (Phi) is 3.22. The number of aryl methyl sites for hydroxylation is 2. The molecule has 0 saturated carbocycles. The van der Waals surface area contributed by atoms with E-state index in [4.69, 9.17) is 0 Å². The first kappa shape index (κ1) is 12.1. The molecular formula is C13H21N3O. The predicted molar refractivity (Wildman–Crippen MR) is 66.9 cm³/mol. The van der Waals surface area contributed by atoms with E-state index in [9.17, 15) is 4.79 Å². The number of piperidine rings is 1. The van der Waals surface area contributed by atoms with Crippen molar-refractivity contribution in [2.45, 2.75) is 52.1 Å². The van der Waals surface area contributed by atoms with Crippen LogP contribution >= 0.6 is 0 Å². The van der Waals surface area contributed by atoms with Gasteiger partial charge in [0.15, 0.2) is 0 Å². The summed E-state index contributed by atoms with van der Waals surface area (Å²) in [6, 6.07) is 0.678. The van der Waals surface area contributed by atoms with E-state index in [1.165, 1.54) is 6.42 Å². The monoisotopic (exact) mass is 235 g/mol. The smallest absolute Gasteiger partial charge is 0.257 e. The van der Waals surface area contributed by atoms with Gasteiger partial charge in [0.2, 0.25) is 0 Å². The summed E-state index contributed by atoms with van der Waals surface area (Å²) in [6.07, 6.45) is 5.26. The number of carbonyl (C=O) groups excluding carboxylic acids is 1. The van der Waals surface area contributed by atoms with Gasteiger partial charge < -0.3 is 4.90 Å². The molecule has 2 unspecified atom stereocenters. The summed E-state index contributed by atoms with van der Waals surface area (Å²) in [7, 11) is 1.85. The number of amides is 1. The Labute approximate surface area is 103 Å². The summed E-state index contributed by atoms with van der Waals surface area (Å²) in [4.78, 5) is 14.5. The van der Waals surface area contributed by atoms with Gasteiger partial charge in [0.05, 0.1) is 11.3 Å². The summed E-state index contributed by atoms with van der Waals surface area (Å²) in [5.74, 6) is 0.135. The molecule has 0 aliphatic carbocycles. The minimum Gasteiger partial charge on any atom is -0.333 e. The van der Waals surface area contributed by atoms with Crippen LogP contribution in [0.15, 0.2) is 6.20 Å². The number of hydrogen-bond donors (Lipinski definition) is 0. The summed E-state index contributed by atoms with van der Waals surface area (Å²) in [6.45, 7) is 6.17. The van der Waals surface area contributed by atoms with Crippen molar-refractivity contribution in [1.82, 2.24) is 14.7 Å². The van der Waals surface area contributed by atoms with Crippen LogP contribution in [-0.2, 0) is 7.05 Å². The van der Waals surface area contributed by atoms with Crippen molar-refractivity contribution in [2.75, 3.05) is 0 Å². The van der Waals surface area contributed by atoms with Crippen molar-refractivity contribution in [3.63, 3.8) is 0 Å². The number of carbonyl (C=O) groups is 1. The first-order chi connectivity index (χ1) is 8.00. The summed E-state index contributed by atoms with van der Waals surface area (Å²) in [5, 5.41) is 4.25. The number of aromatic nitrogens is 2. The van der Waals surface area contributed by atoms with Gasteiger partial charge >= 0.3 is 0 Å². The zero-order valence-corrected chi connectivity index (χ0v) is 11.1. The molecule has 94 valence electrons. The minimum absolute atomic E-state index is 0.135. The zero-order valence-electron chi connectivity index (χ0n) is 11.1. The van der Waals surface area contributed by atoms with Crippen molar-refractivity contribution in [1.29, 1.82) is 0 Å². The zero-order chi connectivity index (χ0) is 12.6. The molecule has 1 aliphatic heterocycles. The van der Waals surface area contributed by atoms with Gasteiger partial charge in [-0.2, -0.15) is 5.10 Å². The highest BCUT2D eigenvalue weighted by Gasteiger charge is 2.30. The number of likely N-dealkylation sites (tertiary alicyclic amines) is 1. The highest BCUT2D eigenvalue weighted by molar-refractivity contribution is 5.95. The van der Waals surface area contributed by atoms with Crippen LogP contribution in [0.4, 0.5) is 0 Å². The van der Waals surface area contributed by atoms with Crippen LogP contribution in [0.1, 0.15) is 49.2 Å². The van der Waals surface area contributed by atoms with Crippen molar-refractivity contribution in [3.8, 4) is 0 Å².